The van der Waals surface area contributed by atoms with E-state index in [0.29, 0.717) is 0 Å². The Morgan fingerprint density at radius 3 is 2.44 bits per heavy atom. The minimum atomic E-state index is 1.07. The van der Waals surface area contributed by atoms with Crippen molar-refractivity contribution in [2.24, 2.45) is 0 Å². The highest BCUT2D eigenvalue weighted by Crippen LogP contribution is 1.96. The number of allylic oxidation sites excluding steroid dienone is 2. The van der Waals surface area contributed by atoms with Crippen LogP contribution in [0.5, 0.6) is 0 Å². The molecule has 0 atom stereocenters. The Morgan fingerprint density at radius 2 is 1.89 bits per heavy atom. The first-order valence-corrected chi connectivity index (χ1v) is 3.86. The Morgan fingerprint density at radius 1 is 1.22 bits per heavy atom. The van der Waals surface area contributed by atoms with Gasteiger partial charge in [-0.3, -0.25) is 0 Å². The Kier molecular flexibility index (Phi) is 7.52. The van der Waals surface area contributed by atoms with Gasteiger partial charge in [-0.05, 0) is 19.3 Å². The average Bonchev–Trinajstić information content (AvgIpc) is 1.89. The zero-order valence-corrected chi connectivity index (χ0v) is 6.40. The van der Waals surface area contributed by atoms with Crippen molar-refractivity contribution in [2.45, 2.75) is 39.0 Å². The second-order valence-electron chi connectivity index (χ2n) is 2.26. The Balaban J connectivity index is 2.86. The van der Waals surface area contributed by atoms with Gasteiger partial charge >= 0.3 is 0 Å². The van der Waals surface area contributed by atoms with Gasteiger partial charge in [0.1, 0.15) is 0 Å². The van der Waals surface area contributed by atoms with Crippen molar-refractivity contribution in [3.63, 3.8) is 0 Å². The molecule has 9 heavy (non-hydrogen) atoms. The Bertz CT molecular complexity index is 62.4. The van der Waals surface area contributed by atoms with E-state index >= 15 is 0 Å². The summed E-state index contributed by atoms with van der Waals surface area (Å²) in [7, 11) is 0. The molecule has 0 N–H and O–H groups in total. The van der Waals surface area contributed by atoms with Crippen LogP contribution in [0.2, 0.25) is 0 Å². The second kappa shape index (κ2) is 7.74. The average molecular weight is 125 g/mol. The van der Waals surface area contributed by atoms with Crippen molar-refractivity contribution in [3.05, 3.63) is 19.1 Å². The van der Waals surface area contributed by atoms with Crippen LogP contribution in [-0.4, -0.2) is 0 Å². The van der Waals surface area contributed by atoms with E-state index in [-0.39, 0.29) is 0 Å². The fraction of sp³-hybridized carbons (Fsp3) is 0.667. The van der Waals surface area contributed by atoms with Crippen LogP contribution in [0, 0.1) is 6.92 Å². The van der Waals surface area contributed by atoms with E-state index < -0.39 is 0 Å². The van der Waals surface area contributed by atoms with E-state index in [2.05, 4.69) is 26.0 Å². The summed E-state index contributed by atoms with van der Waals surface area (Å²) >= 11 is 0. The largest absolute Gasteiger partial charge is 0.0885 e. The van der Waals surface area contributed by atoms with Crippen molar-refractivity contribution < 1.29 is 0 Å². The van der Waals surface area contributed by atoms with E-state index in [1.54, 1.807) is 0 Å². The molecule has 0 rings (SSSR count). The smallest absolute Gasteiger partial charge is 0.0351 e. The molecule has 0 bridgehead atoms. The summed E-state index contributed by atoms with van der Waals surface area (Å²) in [5, 5.41) is 0. The van der Waals surface area contributed by atoms with E-state index in [9.17, 15) is 0 Å². The normalized spacial score (nSPS) is 10.9. The summed E-state index contributed by atoms with van der Waals surface area (Å²) < 4.78 is 0. The van der Waals surface area contributed by atoms with Gasteiger partial charge in [0.15, 0.2) is 0 Å². The lowest BCUT2D eigenvalue weighted by molar-refractivity contribution is 0.857. The molecular formula is C9H17. The summed E-state index contributed by atoms with van der Waals surface area (Å²) in [6.07, 6.45) is 10.5. The highest BCUT2D eigenvalue weighted by atomic mass is 13.8. The molecule has 0 aromatic rings. The third kappa shape index (κ3) is 7.74. The lowest BCUT2D eigenvalue weighted by Crippen LogP contribution is -1.67. The van der Waals surface area contributed by atoms with Crippen LogP contribution in [0.1, 0.15) is 39.0 Å². The maximum atomic E-state index is 3.77. The molecule has 0 saturated carbocycles. The molecule has 0 unspecified atom stereocenters. The van der Waals surface area contributed by atoms with Crippen molar-refractivity contribution in [2.75, 3.05) is 0 Å². The molecule has 53 valence electrons. The first-order chi connectivity index (χ1) is 4.41. The minimum Gasteiger partial charge on any atom is -0.0885 e. The number of rotatable bonds is 5. The van der Waals surface area contributed by atoms with Crippen LogP contribution in [0.15, 0.2) is 12.2 Å². The molecule has 0 heteroatoms. The first-order valence-electron chi connectivity index (χ1n) is 3.86. The summed E-state index contributed by atoms with van der Waals surface area (Å²) in [5.74, 6) is 0. The van der Waals surface area contributed by atoms with Crippen LogP contribution < -0.4 is 0 Å². The monoisotopic (exact) mass is 125 g/mol. The van der Waals surface area contributed by atoms with Crippen LogP contribution in [0.25, 0.3) is 0 Å². The van der Waals surface area contributed by atoms with E-state index in [4.69, 9.17) is 0 Å². The SMILES string of the molecule is [CH2]CCC/C=C\CCC. The predicted octanol–water partition coefficient (Wildman–Crippen LogP) is 3.35. The predicted molar refractivity (Wildman–Crippen MR) is 43.3 cm³/mol. The molecular weight excluding hydrogens is 108 g/mol. The maximum Gasteiger partial charge on any atom is -0.0351 e. The van der Waals surface area contributed by atoms with Gasteiger partial charge in [-0.15, -0.1) is 0 Å². The second-order valence-corrected chi connectivity index (χ2v) is 2.26. The topological polar surface area (TPSA) is 0 Å². The van der Waals surface area contributed by atoms with E-state index in [1.165, 1.54) is 25.7 Å². The van der Waals surface area contributed by atoms with Crippen molar-refractivity contribution in [1.29, 1.82) is 0 Å². The van der Waals surface area contributed by atoms with Crippen molar-refractivity contribution in [1.82, 2.24) is 0 Å². The lowest BCUT2D eigenvalue weighted by Gasteiger charge is -1.87. The van der Waals surface area contributed by atoms with Gasteiger partial charge < -0.3 is 0 Å². The van der Waals surface area contributed by atoms with Crippen LogP contribution in [-0.2, 0) is 0 Å². The van der Waals surface area contributed by atoms with Crippen LogP contribution >= 0.6 is 0 Å². The molecule has 0 amide bonds. The summed E-state index contributed by atoms with van der Waals surface area (Å²) in [4.78, 5) is 0. The zero-order valence-electron chi connectivity index (χ0n) is 6.40. The number of hydrogen-bond donors (Lipinski definition) is 0. The van der Waals surface area contributed by atoms with E-state index in [1.807, 2.05) is 0 Å². The number of hydrogen-bond acceptors (Lipinski definition) is 0. The van der Waals surface area contributed by atoms with Gasteiger partial charge in [-0.25, -0.2) is 0 Å². The first kappa shape index (κ1) is 8.74. The van der Waals surface area contributed by atoms with Gasteiger partial charge in [-0.2, -0.15) is 0 Å². The van der Waals surface area contributed by atoms with Crippen LogP contribution in [0.4, 0.5) is 0 Å². The Hall–Kier alpha value is -0.260. The van der Waals surface area contributed by atoms with Crippen LogP contribution in [0.3, 0.4) is 0 Å². The van der Waals surface area contributed by atoms with Gasteiger partial charge in [-0.1, -0.05) is 38.8 Å². The summed E-state index contributed by atoms with van der Waals surface area (Å²) in [6.45, 7) is 5.97. The molecule has 0 fully saturated rings. The molecule has 1 radical (unpaired) electrons. The molecule has 0 aliphatic heterocycles. The quantitative estimate of drug-likeness (QED) is 0.390. The zero-order chi connectivity index (χ0) is 6.95. The molecule has 0 heterocycles. The molecule has 0 aromatic carbocycles. The van der Waals surface area contributed by atoms with Gasteiger partial charge in [0.25, 0.3) is 0 Å². The summed E-state index contributed by atoms with van der Waals surface area (Å²) in [6, 6.07) is 0. The third-order valence-electron chi connectivity index (χ3n) is 1.24. The summed E-state index contributed by atoms with van der Waals surface area (Å²) in [5.41, 5.74) is 0. The molecule has 0 spiro atoms. The highest BCUT2D eigenvalue weighted by Gasteiger charge is 1.76. The molecule has 0 saturated heterocycles. The minimum absolute atomic E-state index is 1.07. The van der Waals surface area contributed by atoms with Gasteiger partial charge in [0.2, 0.25) is 0 Å². The number of unbranched alkanes of at least 4 members (excludes halogenated alkanes) is 3. The standard InChI is InChI=1S/C9H17/c1-3-5-7-9-8-6-4-2/h8-9H,1,3-7H2,2H3/b9-8-. The third-order valence-corrected chi connectivity index (χ3v) is 1.24. The fourth-order valence-electron chi connectivity index (χ4n) is 0.665. The highest BCUT2D eigenvalue weighted by molar-refractivity contribution is 4.80. The molecule has 0 aliphatic rings. The molecule has 0 aromatic heterocycles. The lowest BCUT2D eigenvalue weighted by atomic mass is 10.2. The Labute approximate surface area is 59.0 Å². The van der Waals surface area contributed by atoms with Crippen molar-refractivity contribution >= 4 is 0 Å². The van der Waals surface area contributed by atoms with Gasteiger partial charge in [0.05, 0.1) is 0 Å². The van der Waals surface area contributed by atoms with Gasteiger partial charge in [0, 0.05) is 0 Å². The van der Waals surface area contributed by atoms with E-state index in [0.717, 1.165) is 6.42 Å². The maximum absolute atomic E-state index is 3.77. The fourth-order valence-corrected chi connectivity index (χ4v) is 0.665. The molecule has 0 aliphatic carbocycles. The molecule has 0 nitrogen and oxygen atoms in total. The van der Waals surface area contributed by atoms with Crippen molar-refractivity contribution in [3.8, 4) is 0 Å².